The lowest BCUT2D eigenvalue weighted by Crippen LogP contribution is -2.59. The van der Waals surface area contributed by atoms with Gasteiger partial charge in [0.15, 0.2) is 0 Å². The van der Waals surface area contributed by atoms with Crippen LogP contribution in [-0.4, -0.2) is 120 Å². The molecule has 2 fully saturated rings. The summed E-state index contributed by atoms with van der Waals surface area (Å²) in [6, 6.07) is 13.7. The van der Waals surface area contributed by atoms with Crippen LogP contribution in [0.25, 0.3) is 0 Å². The van der Waals surface area contributed by atoms with Crippen LogP contribution in [0.15, 0.2) is 108 Å². The highest BCUT2D eigenvalue weighted by atomic mass is 16.5. The molecule has 4 aliphatic rings. The van der Waals surface area contributed by atoms with E-state index in [0.717, 1.165) is 59.6 Å². The number of hydrogen-bond acceptors (Lipinski definition) is 11. The van der Waals surface area contributed by atoms with Gasteiger partial charge in [-0.05, 0) is 54.0 Å². The Balaban J connectivity index is 1.26. The van der Waals surface area contributed by atoms with Crippen molar-refractivity contribution in [1.29, 1.82) is 0 Å². The zero-order chi connectivity index (χ0) is 43.0. The van der Waals surface area contributed by atoms with E-state index < -0.39 is 59.1 Å². The molecule has 0 radical (unpaired) electrons. The number of anilines is 2. The van der Waals surface area contributed by atoms with Crippen molar-refractivity contribution in [2.75, 3.05) is 63.3 Å². The van der Waals surface area contributed by atoms with Crippen LogP contribution in [0, 0.1) is 0 Å². The van der Waals surface area contributed by atoms with Crippen LogP contribution in [0.5, 0.6) is 0 Å². The van der Waals surface area contributed by atoms with Gasteiger partial charge in [-0.25, -0.2) is 14.4 Å². The van der Waals surface area contributed by atoms with Gasteiger partial charge in [0, 0.05) is 66.9 Å². The lowest BCUT2D eigenvalue weighted by atomic mass is 9.83. The van der Waals surface area contributed by atoms with Crippen molar-refractivity contribution < 1.29 is 43.4 Å². The second-order valence-corrected chi connectivity index (χ2v) is 15.5. The van der Waals surface area contributed by atoms with Crippen molar-refractivity contribution in [2.45, 2.75) is 44.9 Å². The lowest BCUT2D eigenvalue weighted by molar-refractivity contribution is -0.142. The van der Waals surface area contributed by atoms with Crippen molar-refractivity contribution in [3.8, 4) is 0 Å². The number of likely N-dealkylation sites (N-methyl/N-ethyl adjacent to an activating group) is 2. The average molecular weight is 805 g/mol. The predicted molar refractivity (Wildman–Crippen MR) is 219 cm³/mol. The first-order chi connectivity index (χ1) is 28.0. The fourth-order valence-corrected chi connectivity index (χ4v) is 8.19. The zero-order valence-corrected chi connectivity index (χ0v) is 34.1. The summed E-state index contributed by atoms with van der Waals surface area (Å²) < 4.78 is 5.04. The van der Waals surface area contributed by atoms with Gasteiger partial charge in [-0.1, -0.05) is 70.7 Å². The van der Waals surface area contributed by atoms with Crippen LogP contribution >= 0.6 is 0 Å². The normalized spacial score (nSPS) is 21.5. The van der Waals surface area contributed by atoms with Gasteiger partial charge in [0.05, 0.1) is 19.7 Å². The number of rotatable bonds is 12. The number of barbiturate groups is 2. The molecule has 4 aliphatic heterocycles. The summed E-state index contributed by atoms with van der Waals surface area (Å²) in [6.07, 6.45) is 6.90. The van der Waals surface area contributed by atoms with Gasteiger partial charge < -0.3 is 19.6 Å². The topological polar surface area (TPSA) is 168 Å². The molecular formula is C44H48N6O9. The number of aliphatic hydroxyl groups is 1. The Hall–Kier alpha value is -6.61. The number of para-hydroxylation sites is 2. The Morgan fingerprint density at radius 2 is 1.02 bits per heavy atom. The van der Waals surface area contributed by atoms with Crippen molar-refractivity contribution >= 4 is 53.0 Å². The first-order valence-corrected chi connectivity index (χ1v) is 19.3. The molecule has 2 aromatic carbocycles. The summed E-state index contributed by atoms with van der Waals surface area (Å²) in [5.74, 6) is -4.29. The number of ether oxygens (including phenoxy) is 1. The first kappa shape index (κ1) is 42.0. The fourth-order valence-electron chi connectivity index (χ4n) is 8.19. The third kappa shape index (κ3) is 7.37. The molecule has 308 valence electrons. The second-order valence-electron chi connectivity index (χ2n) is 15.5. The Labute approximate surface area is 342 Å². The van der Waals surface area contributed by atoms with Gasteiger partial charge in [0.2, 0.25) is 0 Å². The van der Waals surface area contributed by atoms with Gasteiger partial charge in [-0.3, -0.25) is 38.8 Å². The lowest BCUT2D eigenvalue weighted by Gasteiger charge is -2.35. The van der Waals surface area contributed by atoms with Gasteiger partial charge in [-0.2, -0.15) is 0 Å². The third-order valence-corrected chi connectivity index (χ3v) is 11.3. The second kappa shape index (κ2) is 16.3. The summed E-state index contributed by atoms with van der Waals surface area (Å²) >= 11 is 0. The number of hydrogen-bond donors (Lipinski definition) is 1. The van der Waals surface area contributed by atoms with Crippen molar-refractivity contribution in [2.24, 2.45) is 0 Å². The minimum Gasteiger partial charge on any atom is -0.461 e. The van der Waals surface area contributed by atoms with Gasteiger partial charge >= 0.3 is 18.0 Å². The summed E-state index contributed by atoms with van der Waals surface area (Å²) in [6.45, 7) is 9.13. The van der Waals surface area contributed by atoms with Crippen LogP contribution < -0.4 is 9.80 Å². The minimum atomic E-state index is -0.977. The number of amides is 8. The number of fused-ring (bicyclic) bond motifs is 2. The minimum absolute atomic E-state index is 0.123. The highest BCUT2D eigenvalue weighted by Gasteiger charge is 2.45. The monoisotopic (exact) mass is 804 g/mol. The molecular weight excluding hydrogens is 757 g/mol. The van der Waals surface area contributed by atoms with E-state index in [0.29, 0.717) is 0 Å². The van der Waals surface area contributed by atoms with E-state index in [2.05, 4.69) is 6.58 Å². The third-order valence-electron chi connectivity index (χ3n) is 11.3. The average Bonchev–Trinajstić information content (AvgIpc) is 3.53. The molecule has 0 aliphatic carbocycles. The van der Waals surface area contributed by atoms with Gasteiger partial charge in [0.25, 0.3) is 23.6 Å². The molecule has 8 amide bonds. The van der Waals surface area contributed by atoms with E-state index in [1.165, 1.54) is 12.2 Å². The van der Waals surface area contributed by atoms with Crippen LogP contribution in [-0.2, 0) is 39.5 Å². The largest absolute Gasteiger partial charge is 0.461 e. The summed E-state index contributed by atoms with van der Waals surface area (Å²) in [5.41, 5.74) is 4.03. The van der Waals surface area contributed by atoms with E-state index in [9.17, 15) is 38.7 Å². The molecule has 15 heteroatoms. The molecule has 1 N–H and O–H groups in total. The summed E-state index contributed by atoms with van der Waals surface area (Å²) in [7, 11) is 3.76. The molecule has 2 saturated heterocycles. The van der Waals surface area contributed by atoms with E-state index in [-0.39, 0.29) is 50.4 Å². The van der Waals surface area contributed by atoms with E-state index in [1.807, 2.05) is 100 Å². The molecule has 0 saturated carbocycles. The Morgan fingerprint density at radius 3 is 1.41 bits per heavy atom. The van der Waals surface area contributed by atoms with Crippen molar-refractivity contribution in [3.63, 3.8) is 0 Å². The molecule has 0 bridgehead atoms. The molecule has 0 atom stereocenters. The van der Waals surface area contributed by atoms with Crippen LogP contribution in [0.2, 0.25) is 0 Å². The number of benzene rings is 2. The van der Waals surface area contributed by atoms with Gasteiger partial charge in [0.1, 0.15) is 17.8 Å². The van der Waals surface area contributed by atoms with Crippen LogP contribution in [0.1, 0.15) is 45.2 Å². The van der Waals surface area contributed by atoms with Crippen LogP contribution in [0.4, 0.5) is 21.0 Å². The number of carbonyl (C=O) groups is 7. The smallest absolute Gasteiger partial charge is 0.334 e. The molecule has 0 spiro atoms. The molecule has 15 nitrogen and oxygen atoms in total. The molecule has 59 heavy (non-hydrogen) atoms. The van der Waals surface area contributed by atoms with E-state index >= 15 is 0 Å². The number of urea groups is 2. The van der Waals surface area contributed by atoms with Crippen LogP contribution in [0.3, 0.4) is 0 Å². The number of esters is 1. The Morgan fingerprint density at radius 1 is 0.627 bits per heavy atom. The molecule has 4 heterocycles. The first-order valence-electron chi connectivity index (χ1n) is 19.3. The number of β-amino-alcohol motifs (C(OH)–C–C–N with tert-alkyl or cyclic N) is 1. The maximum absolute atomic E-state index is 14.0. The Bertz CT molecular complexity index is 2290. The maximum Gasteiger partial charge on any atom is 0.334 e. The van der Waals surface area contributed by atoms with Gasteiger partial charge in [-0.15, -0.1) is 0 Å². The highest BCUT2D eigenvalue weighted by molar-refractivity contribution is 6.29. The van der Waals surface area contributed by atoms with E-state index in [4.69, 9.17) is 4.74 Å². The maximum atomic E-state index is 14.0. The van der Waals surface area contributed by atoms with E-state index in [1.54, 1.807) is 12.2 Å². The number of allylic oxidation sites excluding steroid dienone is 6. The highest BCUT2D eigenvalue weighted by Crippen LogP contribution is 2.48. The zero-order valence-electron chi connectivity index (χ0n) is 34.1. The summed E-state index contributed by atoms with van der Waals surface area (Å²) in [4.78, 5) is 101. The fraction of sp³-hybridized carbons (Fsp3) is 0.341. The number of nitrogens with zero attached hydrogens (tertiary/aromatic N) is 6. The molecule has 0 aromatic heterocycles. The molecule has 0 unspecified atom stereocenters. The number of aliphatic hydroxyl groups excluding tert-OH is 1. The SMILES string of the molecule is C=CC(=O)OCCN1C(=O)/C(=C\C=C2\N(C)c3ccccc3C2(C)C)C(=O)N(CCCN2C(=O)/C(=C/C=C3/N(C)c4ccccc4C3(C)C)C(=O)N(CCO)C2=O)C1=O. The molecule has 2 aromatic rings. The van der Waals surface area contributed by atoms with Crippen molar-refractivity contribution in [1.82, 2.24) is 19.6 Å². The quantitative estimate of drug-likeness (QED) is 0.186. The standard InChI is InChI=1S/C44H48N6O9/c1-8-36(52)59-27-25-50-40(56)29(19-21-35-44(4,5)31-15-10-12-17-33(31)46(35)7)38(54)48(42(50)58)23-13-22-47-37(53)28(39(55)49(24-26-51)41(47)57)18-20-34-43(2,3)30-14-9-11-16-32(30)45(34)6/h8-12,14-21,51H,1,13,22-27H2,2-7H3/b28-18-,29-19-,34-20+,35-21+. The molecule has 6 rings (SSSR count). The van der Waals surface area contributed by atoms with Crippen molar-refractivity contribution in [3.05, 3.63) is 119 Å². The number of carbonyl (C=O) groups excluding carboxylic acids is 7. The summed E-state index contributed by atoms with van der Waals surface area (Å²) in [5, 5.41) is 9.74. The Kier molecular flexibility index (Phi) is 11.6. The number of imide groups is 4. The predicted octanol–water partition coefficient (Wildman–Crippen LogP) is 4.16.